The van der Waals surface area contributed by atoms with Gasteiger partial charge in [-0.3, -0.25) is 20.2 Å². The van der Waals surface area contributed by atoms with E-state index in [0.29, 0.717) is 21.7 Å². The monoisotopic (exact) mass is 532 g/mol. The molecule has 10 nitrogen and oxygen atoms in total. The molecule has 2 N–H and O–H groups in total. The van der Waals surface area contributed by atoms with Crippen LogP contribution in [0.15, 0.2) is 77.2 Å². The zero-order valence-electron chi connectivity index (χ0n) is 19.1. The molecule has 0 spiro atoms. The summed E-state index contributed by atoms with van der Waals surface area (Å²) in [5, 5.41) is 26.5. The van der Waals surface area contributed by atoms with Crippen LogP contribution in [-0.4, -0.2) is 30.9 Å². The third-order valence-corrected chi connectivity index (χ3v) is 5.91. The summed E-state index contributed by atoms with van der Waals surface area (Å²) in [7, 11) is 0. The molecule has 0 aliphatic rings. The number of para-hydroxylation sites is 1. The van der Waals surface area contributed by atoms with E-state index in [0.717, 1.165) is 11.3 Å². The largest absolute Gasteiger partial charge is 0.451 e. The van der Waals surface area contributed by atoms with Crippen LogP contribution in [0.25, 0.3) is 28.0 Å². The number of thiocarbonyl (C=S) groups is 1. The van der Waals surface area contributed by atoms with Crippen LogP contribution in [0, 0.1) is 17.0 Å². The minimum absolute atomic E-state index is 0.0428. The number of nitrogens with zero attached hydrogens (tertiary/aromatic N) is 4. The highest BCUT2D eigenvalue weighted by molar-refractivity contribution is 7.80. The Bertz CT molecular complexity index is 1680. The summed E-state index contributed by atoms with van der Waals surface area (Å²) < 4.78 is 5.57. The van der Waals surface area contributed by atoms with Gasteiger partial charge < -0.3 is 9.73 Å². The molecule has 0 radical (unpaired) electrons. The van der Waals surface area contributed by atoms with Crippen molar-refractivity contribution >= 4 is 57.2 Å². The first kappa shape index (κ1) is 24.1. The molecular formula is C25H17ClN6O4S. The highest BCUT2D eigenvalue weighted by atomic mass is 35.5. The van der Waals surface area contributed by atoms with E-state index in [1.54, 1.807) is 36.4 Å². The number of benzene rings is 3. The molecule has 0 aliphatic heterocycles. The van der Waals surface area contributed by atoms with Gasteiger partial charge in [0.1, 0.15) is 16.8 Å². The average Bonchev–Trinajstić information content (AvgIpc) is 3.52. The number of anilines is 1. The summed E-state index contributed by atoms with van der Waals surface area (Å²) in [6.45, 7) is 1.87. The maximum absolute atomic E-state index is 12.7. The summed E-state index contributed by atoms with van der Waals surface area (Å²) >= 11 is 11.3. The van der Waals surface area contributed by atoms with Gasteiger partial charge in [-0.25, -0.2) is 0 Å². The molecule has 12 heteroatoms. The highest BCUT2D eigenvalue weighted by Crippen LogP contribution is 2.31. The molecule has 0 unspecified atom stereocenters. The fourth-order valence-corrected chi connectivity index (χ4v) is 3.99. The van der Waals surface area contributed by atoms with Crippen molar-refractivity contribution in [1.29, 1.82) is 0 Å². The molecule has 184 valence electrons. The minimum atomic E-state index is -0.602. The summed E-state index contributed by atoms with van der Waals surface area (Å²) in [5.41, 5.74) is 3.69. The van der Waals surface area contributed by atoms with Crippen LogP contribution in [-0.2, 0) is 0 Å². The lowest BCUT2D eigenvalue weighted by atomic mass is 10.1. The first-order chi connectivity index (χ1) is 17.8. The van der Waals surface area contributed by atoms with Gasteiger partial charge in [0.2, 0.25) is 0 Å². The van der Waals surface area contributed by atoms with Gasteiger partial charge in [-0.2, -0.15) is 4.80 Å². The number of amides is 1. The molecule has 0 saturated carbocycles. The fourth-order valence-electron chi connectivity index (χ4n) is 3.66. The van der Waals surface area contributed by atoms with Crippen LogP contribution in [0.2, 0.25) is 5.02 Å². The molecule has 2 heterocycles. The number of nitrogens with one attached hydrogen (secondary N) is 2. The molecule has 0 aliphatic carbocycles. The first-order valence-electron chi connectivity index (χ1n) is 10.9. The molecule has 37 heavy (non-hydrogen) atoms. The molecule has 0 fully saturated rings. The molecule has 1 amide bonds. The first-order valence-corrected chi connectivity index (χ1v) is 11.7. The van der Waals surface area contributed by atoms with Crippen LogP contribution in [0.3, 0.4) is 0 Å². The van der Waals surface area contributed by atoms with E-state index in [4.69, 9.17) is 28.2 Å². The third kappa shape index (κ3) is 5.03. The van der Waals surface area contributed by atoms with Gasteiger partial charge in [0.05, 0.1) is 16.2 Å². The van der Waals surface area contributed by atoms with E-state index >= 15 is 0 Å². The SMILES string of the molecule is Cc1cc2nn(-c3ccc(Cl)cc3)nc2cc1NC(=S)NC(=O)c1ccc(-c2ccccc2[N+](=O)[O-])o1. The number of aromatic nitrogens is 3. The minimum Gasteiger partial charge on any atom is -0.451 e. The molecule has 5 aromatic rings. The van der Waals surface area contributed by atoms with E-state index in [1.165, 1.54) is 23.0 Å². The van der Waals surface area contributed by atoms with Gasteiger partial charge in [-0.05, 0) is 79.3 Å². The molecule has 2 aromatic heterocycles. The molecule has 0 atom stereocenters. The summed E-state index contributed by atoms with van der Waals surface area (Å²) in [4.78, 5) is 25.0. The van der Waals surface area contributed by atoms with Crippen LogP contribution in [0.5, 0.6) is 0 Å². The van der Waals surface area contributed by atoms with Crippen LogP contribution in [0.4, 0.5) is 11.4 Å². The molecular weight excluding hydrogens is 516 g/mol. The van der Waals surface area contributed by atoms with Gasteiger partial charge >= 0.3 is 0 Å². The van der Waals surface area contributed by atoms with E-state index < -0.39 is 10.8 Å². The Kier molecular flexibility index (Phi) is 6.38. The Labute approximate surface area is 220 Å². The number of aryl methyl sites for hydroxylation is 1. The smallest absolute Gasteiger partial charge is 0.293 e. The summed E-state index contributed by atoms with van der Waals surface area (Å²) in [6.07, 6.45) is 0. The number of hydrogen-bond donors (Lipinski definition) is 2. The van der Waals surface area contributed by atoms with Crippen molar-refractivity contribution < 1.29 is 14.1 Å². The number of hydrogen-bond acceptors (Lipinski definition) is 7. The lowest BCUT2D eigenvalue weighted by molar-refractivity contribution is -0.384. The van der Waals surface area contributed by atoms with Crippen molar-refractivity contribution in [2.75, 3.05) is 5.32 Å². The van der Waals surface area contributed by atoms with E-state index in [1.807, 2.05) is 25.1 Å². The van der Waals surface area contributed by atoms with Crippen molar-refractivity contribution in [3.63, 3.8) is 0 Å². The number of carbonyl (C=O) groups excluding carboxylic acids is 1. The van der Waals surface area contributed by atoms with Crippen molar-refractivity contribution in [2.24, 2.45) is 0 Å². The van der Waals surface area contributed by atoms with E-state index in [-0.39, 0.29) is 27.9 Å². The average molecular weight is 533 g/mol. The molecule has 0 saturated heterocycles. The van der Waals surface area contributed by atoms with E-state index in [9.17, 15) is 14.9 Å². The van der Waals surface area contributed by atoms with Crippen LogP contribution >= 0.6 is 23.8 Å². The van der Waals surface area contributed by atoms with Crippen molar-refractivity contribution in [1.82, 2.24) is 20.3 Å². The standard InChI is InChI=1S/C25H17ClN6O4S/c1-14-12-19-20(30-31(29-19)16-8-6-15(26)7-9-16)13-18(14)27-25(37)28-24(33)23-11-10-22(36-23)17-4-2-3-5-21(17)32(34)35/h2-13H,1H3,(H2,27,28,33,37). The lowest BCUT2D eigenvalue weighted by Crippen LogP contribution is -2.34. The number of rotatable bonds is 5. The zero-order valence-corrected chi connectivity index (χ0v) is 20.7. The summed E-state index contributed by atoms with van der Waals surface area (Å²) in [5.74, 6) is -0.452. The molecule has 3 aromatic carbocycles. The number of carbonyl (C=O) groups is 1. The second-order valence-corrected chi connectivity index (χ2v) is 8.81. The van der Waals surface area contributed by atoms with Gasteiger partial charge in [0, 0.05) is 16.8 Å². The highest BCUT2D eigenvalue weighted by Gasteiger charge is 2.20. The molecule has 0 bridgehead atoms. The van der Waals surface area contributed by atoms with Crippen molar-refractivity contribution in [2.45, 2.75) is 6.92 Å². The maximum Gasteiger partial charge on any atom is 0.293 e. The number of halogens is 1. The van der Waals surface area contributed by atoms with Crippen molar-refractivity contribution in [3.05, 3.63) is 99.3 Å². The number of furan rings is 1. The Morgan fingerprint density at radius 1 is 1.05 bits per heavy atom. The normalized spacial score (nSPS) is 10.9. The van der Waals surface area contributed by atoms with Gasteiger partial charge in [0.25, 0.3) is 11.6 Å². The predicted octanol–water partition coefficient (Wildman–Crippen LogP) is 5.68. The zero-order chi connectivity index (χ0) is 26.1. The van der Waals surface area contributed by atoms with Crippen LogP contribution < -0.4 is 10.6 Å². The third-order valence-electron chi connectivity index (χ3n) is 5.46. The second kappa shape index (κ2) is 9.80. The quantitative estimate of drug-likeness (QED) is 0.168. The topological polar surface area (TPSA) is 128 Å². The number of fused-ring (bicyclic) bond motifs is 1. The van der Waals surface area contributed by atoms with Crippen molar-refractivity contribution in [3.8, 4) is 17.0 Å². The Morgan fingerprint density at radius 2 is 1.76 bits per heavy atom. The Balaban J connectivity index is 1.30. The van der Waals surface area contributed by atoms with E-state index in [2.05, 4.69) is 20.8 Å². The second-order valence-electron chi connectivity index (χ2n) is 7.97. The number of nitro groups is 1. The predicted molar refractivity (Wildman–Crippen MR) is 143 cm³/mol. The Morgan fingerprint density at radius 3 is 2.49 bits per heavy atom. The van der Waals surface area contributed by atoms with Gasteiger partial charge in [0.15, 0.2) is 10.9 Å². The maximum atomic E-state index is 12.7. The summed E-state index contributed by atoms with van der Waals surface area (Å²) in [6, 6.07) is 19.8. The lowest BCUT2D eigenvalue weighted by Gasteiger charge is -2.10. The van der Waals surface area contributed by atoms with Gasteiger partial charge in [-0.1, -0.05) is 23.7 Å². The number of nitro benzene ring substituents is 1. The van der Waals surface area contributed by atoms with Crippen LogP contribution in [0.1, 0.15) is 16.1 Å². The fraction of sp³-hybridized carbons (Fsp3) is 0.0400. The Hall–Kier alpha value is -4.61. The van der Waals surface area contributed by atoms with Gasteiger partial charge in [-0.15, -0.1) is 10.2 Å². The molecule has 5 rings (SSSR count).